The van der Waals surface area contributed by atoms with Crippen molar-refractivity contribution in [2.24, 2.45) is 0 Å². The van der Waals surface area contributed by atoms with Gasteiger partial charge in [0, 0.05) is 18.2 Å². The molecule has 7 heteroatoms. The van der Waals surface area contributed by atoms with Crippen molar-refractivity contribution in [3.05, 3.63) is 65.7 Å². The lowest BCUT2D eigenvalue weighted by molar-refractivity contribution is -0.133. The van der Waals surface area contributed by atoms with E-state index in [1.54, 1.807) is 17.0 Å². The molecule has 0 spiro atoms. The minimum Gasteiger partial charge on any atom is -0.493 e. The summed E-state index contributed by atoms with van der Waals surface area (Å²) in [4.78, 5) is 14.3. The Morgan fingerprint density at radius 3 is 2.71 bits per heavy atom. The average Bonchev–Trinajstić information content (AvgIpc) is 2.73. The van der Waals surface area contributed by atoms with E-state index in [0.717, 1.165) is 5.56 Å². The smallest absolute Gasteiger partial charge is 0.387 e. The summed E-state index contributed by atoms with van der Waals surface area (Å²) in [7, 11) is 1.36. The highest BCUT2D eigenvalue weighted by Gasteiger charge is 2.24. The van der Waals surface area contributed by atoms with Crippen molar-refractivity contribution in [3.8, 4) is 11.5 Å². The largest absolute Gasteiger partial charge is 0.493 e. The Kier molecular flexibility index (Phi) is 6.60. The van der Waals surface area contributed by atoms with E-state index >= 15 is 0 Å². The Labute approximate surface area is 162 Å². The predicted octanol–water partition coefficient (Wildman–Crippen LogP) is 3.91. The number of hydrogen-bond donors (Lipinski definition) is 0. The zero-order valence-electron chi connectivity index (χ0n) is 15.4. The molecule has 0 radical (unpaired) electrons. The molecule has 3 rings (SSSR count). The second-order valence-electron chi connectivity index (χ2n) is 6.14. The molecule has 2 aromatic carbocycles. The summed E-state index contributed by atoms with van der Waals surface area (Å²) in [5, 5.41) is 0. The first-order chi connectivity index (χ1) is 13.6. The fourth-order valence-electron chi connectivity index (χ4n) is 3.03. The van der Waals surface area contributed by atoms with E-state index < -0.39 is 6.61 Å². The summed E-state index contributed by atoms with van der Waals surface area (Å²) in [6.45, 7) is -1.68. The van der Waals surface area contributed by atoms with E-state index in [1.165, 1.54) is 25.3 Å². The molecule has 0 N–H and O–H groups in total. The molecule has 0 aromatic heterocycles. The van der Waals surface area contributed by atoms with Crippen LogP contribution in [0, 0.1) is 0 Å². The van der Waals surface area contributed by atoms with E-state index in [-0.39, 0.29) is 23.5 Å². The molecule has 1 amide bonds. The van der Waals surface area contributed by atoms with E-state index in [2.05, 4.69) is 4.74 Å². The van der Waals surface area contributed by atoms with Gasteiger partial charge in [0.1, 0.15) is 6.10 Å². The molecule has 1 aliphatic rings. The summed E-state index contributed by atoms with van der Waals surface area (Å²) in [6, 6.07) is 14.4. The number of carbonyl (C=O) groups is 1. The van der Waals surface area contributed by atoms with Crippen molar-refractivity contribution < 1.29 is 27.8 Å². The first kappa shape index (κ1) is 19.8. The number of ether oxygens (including phenoxy) is 3. The number of hydrogen-bond acceptors (Lipinski definition) is 4. The molecule has 1 aliphatic heterocycles. The van der Waals surface area contributed by atoms with Crippen LogP contribution in [0.4, 0.5) is 8.78 Å². The number of rotatable bonds is 6. The Morgan fingerprint density at radius 1 is 1.21 bits per heavy atom. The van der Waals surface area contributed by atoms with Crippen LogP contribution in [0.15, 0.2) is 54.6 Å². The van der Waals surface area contributed by atoms with Gasteiger partial charge in [-0.25, -0.2) is 0 Å². The molecular formula is C21H21F2NO4. The standard InChI is InChI=1S/C21H21F2NO4/c1-26-17-9-5-8-16(20(17)28-21(22)23)10-11-19(25)24-12-13-27-18(14-24)15-6-3-2-4-7-15/h2-11,18,21H,12-14H2,1H3/b11-10+. The molecule has 1 saturated heterocycles. The maximum absolute atomic E-state index is 12.7. The van der Waals surface area contributed by atoms with Crippen molar-refractivity contribution in [2.75, 3.05) is 26.8 Å². The lowest BCUT2D eigenvalue weighted by atomic mass is 10.1. The Morgan fingerprint density at radius 2 is 2.00 bits per heavy atom. The van der Waals surface area contributed by atoms with Gasteiger partial charge >= 0.3 is 6.61 Å². The Hall–Kier alpha value is -2.93. The molecule has 1 unspecified atom stereocenters. The van der Waals surface area contributed by atoms with Gasteiger partial charge in [-0.3, -0.25) is 4.79 Å². The van der Waals surface area contributed by atoms with Gasteiger partial charge < -0.3 is 19.1 Å². The summed E-state index contributed by atoms with van der Waals surface area (Å²) in [6.07, 6.45) is 2.61. The van der Waals surface area contributed by atoms with Gasteiger partial charge in [-0.15, -0.1) is 0 Å². The number of halogens is 2. The van der Waals surface area contributed by atoms with Crippen molar-refractivity contribution in [2.45, 2.75) is 12.7 Å². The van der Waals surface area contributed by atoms with E-state index in [9.17, 15) is 13.6 Å². The zero-order chi connectivity index (χ0) is 19.9. The van der Waals surface area contributed by atoms with Crippen LogP contribution >= 0.6 is 0 Å². The van der Waals surface area contributed by atoms with Crippen LogP contribution in [0.25, 0.3) is 6.08 Å². The highest BCUT2D eigenvalue weighted by molar-refractivity contribution is 5.92. The Bertz CT molecular complexity index is 826. The number of morpholine rings is 1. The second kappa shape index (κ2) is 9.32. The number of para-hydroxylation sites is 1. The summed E-state index contributed by atoms with van der Waals surface area (Å²) in [5.74, 6) is -0.159. The summed E-state index contributed by atoms with van der Waals surface area (Å²) in [5.41, 5.74) is 1.34. The molecule has 28 heavy (non-hydrogen) atoms. The molecule has 0 saturated carbocycles. The maximum atomic E-state index is 12.7. The fraction of sp³-hybridized carbons (Fsp3) is 0.286. The molecule has 148 valence electrons. The first-order valence-electron chi connectivity index (χ1n) is 8.84. The summed E-state index contributed by atoms with van der Waals surface area (Å²) < 4.78 is 40.8. The van der Waals surface area contributed by atoms with E-state index in [1.807, 2.05) is 30.3 Å². The van der Waals surface area contributed by atoms with Gasteiger partial charge in [0.25, 0.3) is 0 Å². The number of methoxy groups -OCH3 is 1. The van der Waals surface area contributed by atoms with E-state index in [0.29, 0.717) is 25.3 Å². The van der Waals surface area contributed by atoms with Crippen LogP contribution in [-0.4, -0.2) is 44.2 Å². The van der Waals surface area contributed by atoms with Crippen molar-refractivity contribution in [1.29, 1.82) is 0 Å². The molecule has 5 nitrogen and oxygen atoms in total. The highest BCUT2D eigenvalue weighted by Crippen LogP contribution is 2.33. The molecule has 0 aliphatic carbocycles. The minimum atomic E-state index is -3.00. The normalized spacial score (nSPS) is 17.1. The number of nitrogens with zero attached hydrogens (tertiary/aromatic N) is 1. The monoisotopic (exact) mass is 389 g/mol. The van der Waals surface area contributed by atoms with Gasteiger partial charge in [0.2, 0.25) is 5.91 Å². The third kappa shape index (κ3) is 4.86. The molecule has 1 fully saturated rings. The first-order valence-corrected chi connectivity index (χ1v) is 8.84. The number of carbonyl (C=O) groups excluding carboxylic acids is 1. The van der Waals surface area contributed by atoms with Gasteiger partial charge in [0.15, 0.2) is 11.5 Å². The van der Waals surface area contributed by atoms with Crippen LogP contribution in [0.3, 0.4) is 0 Å². The van der Waals surface area contributed by atoms with Crippen LogP contribution in [-0.2, 0) is 9.53 Å². The number of amides is 1. The summed E-state index contributed by atoms with van der Waals surface area (Å²) >= 11 is 0. The molecule has 0 bridgehead atoms. The van der Waals surface area contributed by atoms with Crippen LogP contribution in [0.2, 0.25) is 0 Å². The second-order valence-corrected chi connectivity index (χ2v) is 6.14. The topological polar surface area (TPSA) is 48.0 Å². The Balaban J connectivity index is 1.73. The van der Waals surface area contributed by atoms with Crippen LogP contribution in [0.1, 0.15) is 17.2 Å². The SMILES string of the molecule is COc1cccc(/C=C/C(=O)N2CCOC(c3ccccc3)C2)c1OC(F)F. The third-order valence-corrected chi connectivity index (χ3v) is 4.39. The zero-order valence-corrected chi connectivity index (χ0v) is 15.4. The van der Waals surface area contributed by atoms with Gasteiger partial charge in [-0.1, -0.05) is 42.5 Å². The highest BCUT2D eigenvalue weighted by atomic mass is 19.3. The predicted molar refractivity (Wildman–Crippen MR) is 100 cm³/mol. The molecular weight excluding hydrogens is 368 g/mol. The quantitative estimate of drug-likeness (QED) is 0.703. The van der Waals surface area contributed by atoms with Gasteiger partial charge in [-0.2, -0.15) is 8.78 Å². The average molecular weight is 389 g/mol. The fourth-order valence-corrected chi connectivity index (χ4v) is 3.03. The number of benzene rings is 2. The van der Waals surface area contributed by atoms with Crippen molar-refractivity contribution in [3.63, 3.8) is 0 Å². The lowest BCUT2D eigenvalue weighted by Crippen LogP contribution is -2.41. The van der Waals surface area contributed by atoms with Crippen molar-refractivity contribution in [1.82, 2.24) is 4.90 Å². The molecule has 2 aromatic rings. The van der Waals surface area contributed by atoms with Gasteiger partial charge in [0.05, 0.1) is 20.3 Å². The minimum absolute atomic E-state index is 0.104. The van der Waals surface area contributed by atoms with Gasteiger partial charge in [-0.05, 0) is 17.7 Å². The number of alkyl halides is 2. The van der Waals surface area contributed by atoms with Crippen LogP contribution in [0.5, 0.6) is 11.5 Å². The molecule has 1 atom stereocenters. The third-order valence-electron chi connectivity index (χ3n) is 4.39. The lowest BCUT2D eigenvalue weighted by Gasteiger charge is -2.32. The van der Waals surface area contributed by atoms with E-state index in [4.69, 9.17) is 9.47 Å². The van der Waals surface area contributed by atoms with Crippen LogP contribution < -0.4 is 9.47 Å². The molecule has 1 heterocycles. The van der Waals surface area contributed by atoms with Crippen molar-refractivity contribution >= 4 is 12.0 Å². The maximum Gasteiger partial charge on any atom is 0.387 e.